The molecule has 1 aromatic heterocycles. The Morgan fingerprint density at radius 1 is 1.29 bits per heavy atom. The van der Waals surface area contributed by atoms with Crippen LogP contribution in [0.4, 0.5) is 0 Å². The molecule has 2 aromatic rings. The van der Waals surface area contributed by atoms with Gasteiger partial charge in [-0.3, -0.25) is 4.79 Å². The van der Waals surface area contributed by atoms with Crippen LogP contribution in [0.5, 0.6) is 5.75 Å². The molecule has 0 saturated carbocycles. The molecule has 0 unspecified atom stereocenters. The number of ether oxygens (including phenoxy) is 1. The van der Waals surface area contributed by atoms with Crippen molar-refractivity contribution in [1.29, 1.82) is 0 Å². The fourth-order valence-electron chi connectivity index (χ4n) is 3.12. The summed E-state index contributed by atoms with van der Waals surface area (Å²) in [7, 11) is 1.66. The normalized spacial score (nSPS) is 14.8. The topological polar surface area (TPSA) is 47.4 Å². The quantitative estimate of drug-likeness (QED) is 0.819. The predicted octanol–water partition coefficient (Wildman–Crippen LogP) is 3.03. The third-order valence-corrected chi connectivity index (χ3v) is 4.61. The molecule has 5 heteroatoms. The number of likely N-dealkylation sites (tertiary alicyclic amines) is 1. The van der Waals surface area contributed by atoms with Crippen molar-refractivity contribution >= 4 is 5.91 Å². The maximum Gasteiger partial charge on any atom is 0.223 e. The highest BCUT2D eigenvalue weighted by molar-refractivity contribution is 5.77. The zero-order chi connectivity index (χ0) is 17.1. The van der Waals surface area contributed by atoms with Crippen molar-refractivity contribution in [2.24, 2.45) is 0 Å². The summed E-state index contributed by atoms with van der Waals surface area (Å²) < 4.78 is 7.37. The SMILES string of the molecule is COc1ccc(CCC(=O)N2CC(n3ccnc3C(C)C)C2)cc1. The van der Waals surface area contributed by atoms with Gasteiger partial charge in [0.2, 0.25) is 5.91 Å². The van der Waals surface area contributed by atoms with E-state index >= 15 is 0 Å². The van der Waals surface area contributed by atoms with E-state index in [0.29, 0.717) is 18.4 Å². The first-order valence-corrected chi connectivity index (χ1v) is 8.52. The van der Waals surface area contributed by atoms with Gasteiger partial charge in [0.05, 0.1) is 13.2 Å². The fraction of sp³-hybridized carbons (Fsp3) is 0.474. The van der Waals surface area contributed by atoms with Crippen molar-refractivity contribution in [3.63, 3.8) is 0 Å². The maximum absolute atomic E-state index is 12.3. The highest BCUT2D eigenvalue weighted by Gasteiger charge is 2.32. The van der Waals surface area contributed by atoms with Crippen LogP contribution in [-0.4, -0.2) is 40.6 Å². The molecule has 1 aliphatic rings. The summed E-state index contributed by atoms with van der Waals surface area (Å²) in [5.74, 6) is 2.58. The Kier molecular flexibility index (Phi) is 4.88. The molecule has 3 rings (SSSR count). The Morgan fingerprint density at radius 2 is 2.00 bits per heavy atom. The number of amides is 1. The molecule has 0 bridgehead atoms. The molecule has 0 N–H and O–H groups in total. The van der Waals surface area contributed by atoms with Crippen molar-refractivity contribution in [2.75, 3.05) is 20.2 Å². The van der Waals surface area contributed by atoms with Crippen LogP contribution < -0.4 is 4.74 Å². The lowest BCUT2D eigenvalue weighted by Gasteiger charge is -2.41. The van der Waals surface area contributed by atoms with E-state index in [0.717, 1.165) is 36.6 Å². The molecule has 2 heterocycles. The number of imidazole rings is 1. The minimum Gasteiger partial charge on any atom is -0.497 e. The second-order valence-electron chi connectivity index (χ2n) is 6.65. The van der Waals surface area contributed by atoms with Crippen LogP contribution in [0.3, 0.4) is 0 Å². The van der Waals surface area contributed by atoms with Crippen molar-refractivity contribution in [3.05, 3.63) is 48.0 Å². The zero-order valence-corrected chi connectivity index (χ0v) is 14.6. The number of rotatable bonds is 6. The van der Waals surface area contributed by atoms with Crippen LogP contribution in [0.25, 0.3) is 0 Å². The van der Waals surface area contributed by atoms with E-state index in [2.05, 4.69) is 23.4 Å². The number of methoxy groups -OCH3 is 1. The number of nitrogens with zero attached hydrogens (tertiary/aromatic N) is 3. The number of benzene rings is 1. The van der Waals surface area contributed by atoms with E-state index in [4.69, 9.17) is 4.74 Å². The maximum atomic E-state index is 12.3. The molecular formula is C19H25N3O2. The average molecular weight is 327 g/mol. The first kappa shape index (κ1) is 16.6. The summed E-state index contributed by atoms with van der Waals surface area (Å²) in [5, 5.41) is 0. The van der Waals surface area contributed by atoms with Gasteiger partial charge in [-0.25, -0.2) is 4.98 Å². The van der Waals surface area contributed by atoms with Gasteiger partial charge in [-0.1, -0.05) is 26.0 Å². The lowest BCUT2D eigenvalue weighted by molar-refractivity contribution is -0.136. The van der Waals surface area contributed by atoms with E-state index < -0.39 is 0 Å². The first-order valence-electron chi connectivity index (χ1n) is 8.52. The molecule has 0 atom stereocenters. The molecule has 128 valence electrons. The number of hydrogen-bond donors (Lipinski definition) is 0. The highest BCUT2D eigenvalue weighted by atomic mass is 16.5. The van der Waals surface area contributed by atoms with E-state index in [-0.39, 0.29) is 5.91 Å². The Hall–Kier alpha value is -2.30. The standard InChI is InChI=1S/C19H25N3O2/c1-14(2)19-20-10-11-22(19)16-12-21(13-16)18(23)9-6-15-4-7-17(24-3)8-5-15/h4-5,7-8,10-11,14,16H,6,9,12-13H2,1-3H3. The van der Waals surface area contributed by atoms with E-state index in [1.165, 1.54) is 0 Å². The summed E-state index contributed by atoms with van der Waals surface area (Å²) >= 11 is 0. The van der Waals surface area contributed by atoms with Gasteiger partial charge in [-0.2, -0.15) is 0 Å². The van der Waals surface area contributed by atoms with E-state index in [1.807, 2.05) is 41.6 Å². The number of aromatic nitrogens is 2. The Morgan fingerprint density at radius 3 is 2.62 bits per heavy atom. The van der Waals surface area contributed by atoms with Gasteiger partial charge < -0.3 is 14.2 Å². The lowest BCUT2D eigenvalue weighted by atomic mass is 10.0. The van der Waals surface area contributed by atoms with Gasteiger partial charge in [-0.15, -0.1) is 0 Å². The summed E-state index contributed by atoms with van der Waals surface area (Å²) in [6.45, 7) is 5.87. The van der Waals surface area contributed by atoms with Gasteiger partial charge in [0.1, 0.15) is 11.6 Å². The third-order valence-electron chi connectivity index (χ3n) is 4.61. The molecule has 0 spiro atoms. The number of carbonyl (C=O) groups excluding carboxylic acids is 1. The van der Waals surface area contributed by atoms with Gasteiger partial charge in [0.25, 0.3) is 0 Å². The van der Waals surface area contributed by atoms with Crippen molar-refractivity contribution in [2.45, 2.75) is 38.6 Å². The van der Waals surface area contributed by atoms with Gasteiger partial charge >= 0.3 is 0 Å². The minimum absolute atomic E-state index is 0.230. The molecule has 0 radical (unpaired) electrons. The van der Waals surface area contributed by atoms with Crippen LogP contribution in [0.15, 0.2) is 36.7 Å². The number of aryl methyl sites for hydroxylation is 1. The van der Waals surface area contributed by atoms with Gasteiger partial charge in [0.15, 0.2) is 0 Å². The smallest absolute Gasteiger partial charge is 0.223 e. The molecule has 5 nitrogen and oxygen atoms in total. The van der Waals surface area contributed by atoms with Crippen molar-refractivity contribution in [3.8, 4) is 5.75 Å². The molecule has 1 aromatic carbocycles. The Balaban J connectivity index is 1.48. The molecule has 1 amide bonds. The highest BCUT2D eigenvalue weighted by Crippen LogP contribution is 2.26. The van der Waals surface area contributed by atoms with E-state index in [9.17, 15) is 4.79 Å². The largest absolute Gasteiger partial charge is 0.497 e. The molecular weight excluding hydrogens is 302 g/mol. The van der Waals surface area contributed by atoms with Crippen molar-refractivity contribution < 1.29 is 9.53 Å². The van der Waals surface area contributed by atoms with Crippen LogP contribution in [0.1, 0.15) is 43.6 Å². The number of carbonyl (C=O) groups is 1. The van der Waals surface area contributed by atoms with E-state index in [1.54, 1.807) is 7.11 Å². The monoisotopic (exact) mass is 327 g/mol. The molecule has 1 saturated heterocycles. The van der Waals surface area contributed by atoms with Crippen LogP contribution in [0, 0.1) is 0 Å². The Bertz CT molecular complexity index is 685. The second-order valence-corrected chi connectivity index (χ2v) is 6.65. The summed E-state index contributed by atoms with van der Waals surface area (Å²) in [6, 6.07) is 8.28. The fourth-order valence-corrected chi connectivity index (χ4v) is 3.12. The van der Waals surface area contributed by atoms with Crippen LogP contribution in [0.2, 0.25) is 0 Å². The predicted molar refractivity (Wildman–Crippen MR) is 93.2 cm³/mol. The Labute approximate surface area is 143 Å². The molecule has 1 fully saturated rings. The third kappa shape index (κ3) is 3.45. The number of hydrogen-bond acceptors (Lipinski definition) is 3. The minimum atomic E-state index is 0.230. The summed E-state index contributed by atoms with van der Waals surface area (Å²) in [6.07, 6.45) is 5.20. The average Bonchev–Trinajstić information content (AvgIpc) is 3.01. The lowest BCUT2D eigenvalue weighted by Crippen LogP contribution is -2.51. The molecule has 1 aliphatic heterocycles. The molecule has 0 aliphatic carbocycles. The first-order chi connectivity index (χ1) is 11.6. The van der Waals surface area contributed by atoms with Crippen molar-refractivity contribution in [1.82, 2.24) is 14.5 Å². The molecule has 24 heavy (non-hydrogen) atoms. The van der Waals surface area contributed by atoms with Gasteiger partial charge in [0, 0.05) is 37.8 Å². The zero-order valence-electron chi connectivity index (χ0n) is 14.6. The van der Waals surface area contributed by atoms with Crippen LogP contribution >= 0.6 is 0 Å². The summed E-state index contributed by atoms with van der Waals surface area (Å²) in [5.41, 5.74) is 1.16. The van der Waals surface area contributed by atoms with Gasteiger partial charge in [-0.05, 0) is 24.1 Å². The second kappa shape index (κ2) is 7.07. The van der Waals surface area contributed by atoms with Crippen LogP contribution in [-0.2, 0) is 11.2 Å². The summed E-state index contributed by atoms with van der Waals surface area (Å²) in [4.78, 5) is 18.7.